The molecule has 1 fully saturated rings. The first kappa shape index (κ1) is 16.1. The number of nitrogens with zero attached hydrogens (tertiary/aromatic N) is 1. The highest BCUT2D eigenvalue weighted by Gasteiger charge is 2.23. The molecule has 114 valence electrons. The molecule has 1 saturated heterocycles. The number of benzene rings is 1. The van der Waals surface area contributed by atoms with E-state index < -0.39 is 0 Å². The minimum atomic E-state index is -0.0837. The van der Waals surface area contributed by atoms with Gasteiger partial charge in [0.05, 0.1) is 26.2 Å². The minimum Gasteiger partial charge on any atom is -0.332 e. The van der Waals surface area contributed by atoms with Crippen molar-refractivity contribution in [2.75, 3.05) is 38.0 Å². The molecule has 1 heterocycles. The summed E-state index contributed by atoms with van der Waals surface area (Å²) in [6.07, 6.45) is 0. The Morgan fingerprint density at radius 2 is 1.76 bits per heavy atom. The van der Waals surface area contributed by atoms with Gasteiger partial charge in [-0.05, 0) is 18.2 Å². The van der Waals surface area contributed by atoms with E-state index in [0.29, 0.717) is 35.4 Å². The van der Waals surface area contributed by atoms with Crippen molar-refractivity contribution in [3.8, 4) is 0 Å². The number of nitrogens with one attached hydrogen (secondary N) is 2. The number of quaternary nitrogens is 1. The van der Waals surface area contributed by atoms with Crippen LogP contribution in [0, 0.1) is 0 Å². The summed E-state index contributed by atoms with van der Waals surface area (Å²) in [7, 11) is 0. The molecule has 2 amide bonds. The summed E-state index contributed by atoms with van der Waals surface area (Å²) in [6.45, 7) is 4.89. The van der Waals surface area contributed by atoms with Gasteiger partial charge in [-0.1, -0.05) is 23.2 Å². The topological polar surface area (TPSA) is 53.9 Å². The predicted octanol–water partition coefficient (Wildman–Crippen LogP) is 0.679. The molecular weight excluding hydrogens is 313 g/mol. The molecule has 0 bridgehead atoms. The van der Waals surface area contributed by atoms with Crippen LogP contribution in [0.4, 0.5) is 5.69 Å². The first-order chi connectivity index (χ1) is 9.94. The van der Waals surface area contributed by atoms with Crippen LogP contribution < -0.4 is 10.2 Å². The SMILES string of the molecule is CC(=O)N1CC[NH+](CC(=O)Nc2cc(Cl)cc(Cl)c2)CC1. The van der Waals surface area contributed by atoms with Crippen LogP contribution in [0.3, 0.4) is 0 Å². The van der Waals surface area contributed by atoms with Gasteiger partial charge in [-0.3, -0.25) is 9.59 Å². The number of halogens is 2. The maximum Gasteiger partial charge on any atom is 0.279 e. The van der Waals surface area contributed by atoms with Gasteiger partial charge in [0.2, 0.25) is 5.91 Å². The third kappa shape index (κ3) is 4.88. The molecule has 1 aromatic rings. The number of piperazine rings is 1. The molecule has 7 heteroatoms. The summed E-state index contributed by atoms with van der Waals surface area (Å²) < 4.78 is 0. The Kier molecular flexibility index (Phi) is 5.45. The minimum absolute atomic E-state index is 0.0837. The van der Waals surface area contributed by atoms with Crippen molar-refractivity contribution in [2.45, 2.75) is 6.92 Å². The number of amides is 2. The highest BCUT2D eigenvalue weighted by molar-refractivity contribution is 6.35. The van der Waals surface area contributed by atoms with Crippen molar-refractivity contribution < 1.29 is 14.5 Å². The summed E-state index contributed by atoms with van der Waals surface area (Å²) >= 11 is 11.8. The molecule has 0 spiro atoms. The molecule has 1 aliphatic heterocycles. The van der Waals surface area contributed by atoms with Crippen molar-refractivity contribution in [3.05, 3.63) is 28.2 Å². The molecule has 21 heavy (non-hydrogen) atoms. The van der Waals surface area contributed by atoms with Crippen molar-refractivity contribution >= 4 is 40.7 Å². The predicted molar refractivity (Wildman–Crippen MR) is 82.9 cm³/mol. The molecule has 0 unspecified atom stereocenters. The zero-order valence-electron chi connectivity index (χ0n) is 11.8. The second kappa shape index (κ2) is 7.11. The lowest BCUT2D eigenvalue weighted by atomic mass is 10.3. The van der Waals surface area contributed by atoms with Crippen LogP contribution in [-0.2, 0) is 9.59 Å². The molecule has 0 saturated carbocycles. The zero-order valence-corrected chi connectivity index (χ0v) is 13.3. The second-order valence-corrected chi connectivity index (χ2v) is 6.01. The third-order valence-electron chi connectivity index (χ3n) is 3.47. The van der Waals surface area contributed by atoms with Gasteiger partial charge in [-0.25, -0.2) is 0 Å². The van der Waals surface area contributed by atoms with Crippen LogP contribution in [0.1, 0.15) is 6.92 Å². The van der Waals surface area contributed by atoms with E-state index in [2.05, 4.69) is 5.32 Å². The molecule has 5 nitrogen and oxygen atoms in total. The highest BCUT2D eigenvalue weighted by atomic mass is 35.5. The van der Waals surface area contributed by atoms with E-state index in [4.69, 9.17) is 23.2 Å². The van der Waals surface area contributed by atoms with Gasteiger partial charge in [0.15, 0.2) is 6.54 Å². The number of anilines is 1. The summed E-state index contributed by atoms with van der Waals surface area (Å²) in [5, 5.41) is 3.77. The smallest absolute Gasteiger partial charge is 0.279 e. The summed E-state index contributed by atoms with van der Waals surface area (Å²) in [4.78, 5) is 26.2. The lowest BCUT2D eigenvalue weighted by molar-refractivity contribution is -0.895. The maximum absolute atomic E-state index is 12.0. The molecule has 2 N–H and O–H groups in total. The molecule has 0 aromatic heterocycles. The van der Waals surface area contributed by atoms with E-state index in [1.807, 2.05) is 0 Å². The van der Waals surface area contributed by atoms with E-state index >= 15 is 0 Å². The Labute approximate surface area is 133 Å². The van der Waals surface area contributed by atoms with Crippen molar-refractivity contribution in [1.82, 2.24) is 4.90 Å². The van der Waals surface area contributed by atoms with E-state index in [9.17, 15) is 9.59 Å². The molecular formula is C14H18Cl2N3O2+. The normalized spacial score (nSPS) is 15.9. The van der Waals surface area contributed by atoms with Gasteiger partial charge < -0.3 is 15.1 Å². The number of hydrogen-bond donors (Lipinski definition) is 2. The molecule has 2 rings (SSSR count). The first-order valence-electron chi connectivity index (χ1n) is 6.79. The van der Waals surface area contributed by atoms with E-state index in [-0.39, 0.29) is 11.8 Å². The Morgan fingerprint density at radius 3 is 2.29 bits per heavy atom. The lowest BCUT2D eigenvalue weighted by Crippen LogP contribution is -3.15. The zero-order chi connectivity index (χ0) is 15.4. The maximum atomic E-state index is 12.0. The number of carbonyl (C=O) groups excluding carboxylic acids is 2. The fourth-order valence-electron chi connectivity index (χ4n) is 2.37. The quantitative estimate of drug-likeness (QED) is 0.856. The average molecular weight is 331 g/mol. The Bertz CT molecular complexity index is 523. The number of carbonyl (C=O) groups is 2. The second-order valence-electron chi connectivity index (χ2n) is 5.14. The highest BCUT2D eigenvalue weighted by Crippen LogP contribution is 2.22. The molecule has 0 radical (unpaired) electrons. The van der Waals surface area contributed by atoms with Crippen LogP contribution in [-0.4, -0.2) is 49.4 Å². The van der Waals surface area contributed by atoms with Gasteiger partial charge in [-0.2, -0.15) is 0 Å². The third-order valence-corrected chi connectivity index (χ3v) is 3.91. The van der Waals surface area contributed by atoms with Crippen molar-refractivity contribution in [3.63, 3.8) is 0 Å². The standard InChI is InChI=1S/C14H17Cl2N3O2/c1-10(20)19-4-2-18(3-5-19)9-14(21)17-13-7-11(15)6-12(16)8-13/h6-8H,2-5,9H2,1H3,(H,17,21)/p+1. The fourth-order valence-corrected chi connectivity index (χ4v) is 2.90. The Morgan fingerprint density at radius 1 is 1.19 bits per heavy atom. The Balaban J connectivity index is 1.84. The monoisotopic (exact) mass is 330 g/mol. The van der Waals surface area contributed by atoms with Gasteiger partial charge >= 0.3 is 0 Å². The van der Waals surface area contributed by atoms with Crippen LogP contribution in [0.25, 0.3) is 0 Å². The van der Waals surface area contributed by atoms with E-state index in [1.165, 1.54) is 0 Å². The van der Waals surface area contributed by atoms with Crippen LogP contribution in [0.5, 0.6) is 0 Å². The fraction of sp³-hybridized carbons (Fsp3) is 0.429. The van der Waals surface area contributed by atoms with E-state index in [1.54, 1.807) is 30.0 Å². The molecule has 1 aromatic carbocycles. The van der Waals surface area contributed by atoms with E-state index in [0.717, 1.165) is 18.0 Å². The van der Waals surface area contributed by atoms with Crippen LogP contribution in [0.15, 0.2) is 18.2 Å². The van der Waals surface area contributed by atoms with Gasteiger partial charge in [-0.15, -0.1) is 0 Å². The van der Waals surface area contributed by atoms with Gasteiger partial charge in [0, 0.05) is 22.7 Å². The lowest BCUT2D eigenvalue weighted by Gasteiger charge is -2.31. The largest absolute Gasteiger partial charge is 0.332 e. The van der Waals surface area contributed by atoms with Crippen molar-refractivity contribution in [2.24, 2.45) is 0 Å². The number of rotatable bonds is 3. The van der Waals surface area contributed by atoms with Crippen molar-refractivity contribution in [1.29, 1.82) is 0 Å². The van der Waals surface area contributed by atoms with Gasteiger partial charge in [0.1, 0.15) is 0 Å². The average Bonchev–Trinajstić information content (AvgIpc) is 2.37. The molecule has 0 aliphatic carbocycles. The summed E-state index contributed by atoms with van der Waals surface area (Å²) in [5.74, 6) is 0.00618. The summed E-state index contributed by atoms with van der Waals surface area (Å²) in [6, 6.07) is 4.94. The number of hydrogen-bond acceptors (Lipinski definition) is 2. The molecule has 1 aliphatic rings. The molecule has 0 atom stereocenters. The first-order valence-corrected chi connectivity index (χ1v) is 7.54. The Hall–Kier alpha value is -1.30. The summed E-state index contributed by atoms with van der Waals surface area (Å²) in [5.41, 5.74) is 0.597. The van der Waals surface area contributed by atoms with Crippen LogP contribution in [0.2, 0.25) is 10.0 Å². The van der Waals surface area contributed by atoms with Gasteiger partial charge in [0.25, 0.3) is 5.91 Å². The van der Waals surface area contributed by atoms with Crippen LogP contribution >= 0.6 is 23.2 Å².